The van der Waals surface area contributed by atoms with Crippen LogP contribution >= 0.6 is 0 Å². The Morgan fingerprint density at radius 1 is 0.585 bits per heavy atom. The summed E-state index contributed by atoms with van der Waals surface area (Å²) < 4.78 is 24.1. The molecular weight excluding hydrogens is 704 g/mol. The van der Waals surface area contributed by atoms with Crippen LogP contribution in [0.3, 0.4) is 0 Å². The van der Waals surface area contributed by atoms with Gasteiger partial charge in [0.25, 0.3) is 0 Å². The molecule has 0 saturated carbocycles. The number of aliphatic hydroxyl groups is 5. The maximum absolute atomic E-state index is 12.0. The fraction of sp³-hybridized carbons (Fsp3) is 0.333. The summed E-state index contributed by atoms with van der Waals surface area (Å²) in [6.07, 6.45) is -14.3. The molecule has 13 N–H and O–H groups in total. The molecule has 17 nitrogen and oxygen atoms in total. The van der Waals surface area contributed by atoms with E-state index in [9.17, 15) is 66.4 Å². The van der Waals surface area contributed by atoms with Crippen LogP contribution in [0.15, 0.2) is 54.6 Å². The normalized spacial score (nSPS) is 29.4. The maximum Gasteiger partial charge on any atom is 0.187 e. The zero-order valence-electron chi connectivity index (χ0n) is 27.3. The highest BCUT2D eigenvalue weighted by Gasteiger charge is 2.49. The molecule has 0 aromatic heterocycles. The lowest BCUT2D eigenvalue weighted by Crippen LogP contribution is -2.60. The first-order chi connectivity index (χ1) is 25.2. The molecule has 7 rings (SSSR count). The molecule has 1 saturated heterocycles. The van der Waals surface area contributed by atoms with Crippen molar-refractivity contribution >= 4 is 0 Å². The molecule has 3 heterocycles. The van der Waals surface area contributed by atoms with Crippen molar-refractivity contribution in [3.8, 4) is 57.5 Å². The molecule has 4 aromatic rings. The predicted molar refractivity (Wildman–Crippen MR) is 176 cm³/mol. The topological polar surface area (TPSA) is 300 Å². The molecule has 1 fully saturated rings. The van der Waals surface area contributed by atoms with Gasteiger partial charge in [0.2, 0.25) is 0 Å². The Bertz CT molecular complexity index is 2030. The molecule has 10 atom stereocenters. The molecular formula is C36H36O17. The Morgan fingerprint density at radius 3 is 1.83 bits per heavy atom. The van der Waals surface area contributed by atoms with E-state index in [1.165, 1.54) is 12.1 Å². The van der Waals surface area contributed by atoms with E-state index >= 15 is 0 Å². The fourth-order valence-corrected chi connectivity index (χ4v) is 7.16. The summed E-state index contributed by atoms with van der Waals surface area (Å²) in [6.45, 7) is -0.752. The number of fused-ring (bicyclic) bond motifs is 2. The number of ether oxygens (including phenoxy) is 4. The second-order valence-electron chi connectivity index (χ2n) is 13.1. The second kappa shape index (κ2) is 13.5. The molecule has 17 heteroatoms. The van der Waals surface area contributed by atoms with E-state index < -0.39 is 114 Å². The standard InChI is InChI=1S/C36H36O17/c37-11-25-29(46)31(48)32(49)36(52-25)51-24-9-15-18(41)10-22(45)27(35(15)53-33(24)12-1-3-16(39)19(42)5-12)28-26-21(44)7-14(38)8-23(26)50-34(30(28)47)13-2-4-17(40)20(43)6-13/h1-8,10,24-25,28-34,36-49H,9,11H2/t24-,25+,28-,29+,30-,31-,32+,33+,34+,36+/m0/s1. The van der Waals surface area contributed by atoms with Gasteiger partial charge in [-0.05, 0) is 35.4 Å². The number of aromatic hydroxyl groups is 8. The zero-order chi connectivity index (χ0) is 38.0. The molecule has 4 aromatic carbocycles. The van der Waals surface area contributed by atoms with Gasteiger partial charge in [0, 0.05) is 41.3 Å². The Balaban J connectivity index is 1.38. The van der Waals surface area contributed by atoms with Crippen LogP contribution in [0.5, 0.6) is 57.5 Å². The number of phenolic OH excluding ortho intramolecular Hbond substituents is 8. The number of hydrogen-bond acceptors (Lipinski definition) is 17. The van der Waals surface area contributed by atoms with Gasteiger partial charge in [-0.2, -0.15) is 0 Å². The van der Waals surface area contributed by atoms with Crippen LogP contribution in [0, 0.1) is 0 Å². The van der Waals surface area contributed by atoms with E-state index in [1.54, 1.807) is 0 Å². The molecule has 0 amide bonds. The van der Waals surface area contributed by atoms with E-state index in [1.807, 2.05) is 0 Å². The largest absolute Gasteiger partial charge is 0.508 e. The minimum Gasteiger partial charge on any atom is -0.508 e. The van der Waals surface area contributed by atoms with Crippen molar-refractivity contribution in [1.82, 2.24) is 0 Å². The monoisotopic (exact) mass is 740 g/mol. The first kappa shape index (κ1) is 36.0. The number of hydrogen-bond donors (Lipinski definition) is 13. The lowest BCUT2D eigenvalue weighted by atomic mass is 9.77. The summed E-state index contributed by atoms with van der Waals surface area (Å²) in [5.74, 6) is -6.01. The summed E-state index contributed by atoms with van der Waals surface area (Å²) in [4.78, 5) is 0. The van der Waals surface area contributed by atoms with Crippen molar-refractivity contribution in [2.24, 2.45) is 0 Å². The first-order valence-electron chi connectivity index (χ1n) is 16.3. The van der Waals surface area contributed by atoms with E-state index in [2.05, 4.69) is 0 Å². The summed E-state index contributed by atoms with van der Waals surface area (Å²) in [5.41, 5.74) is -0.0378. The molecule has 0 bridgehead atoms. The molecule has 0 aliphatic carbocycles. The van der Waals surface area contributed by atoms with Crippen molar-refractivity contribution in [2.45, 2.75) is 67.5 Å². The molecule has 3 aliphatic rings. The van der Waals surface area contributed by atoms with Crippen LogP contribution in [0.2, 0.25) is 0 Å². The molecule has 53 heavy (non-hydrogen) atoms. The van der Waals surface area contributed by atoms with Crippen molar-refractivity contribution in [3.05, 3.63) is 82.4 Å². The maximum atomic E-state index is 12.0. The third-order valence-electron chi connectivity index (χ3n) is 9.81. The third-order valence-corrected chi connectivity index (χ3v) is 9.81. The quantitative estimate of drug-likeness (QED) is 0.122. The SMILES string of the molecule is OC[C@H]1O[C@@H](O[C@H]2Cc3c(O)cc(O)c([C@@H]4c5c(O)cc(O)cc5O[C@H](c5ccc(O)c(O)c5)[C@H]4O)c3O[C@@H]2c2ccc(O)c(O)c2)[C@H](O)[C@@H](O)[C@@H]1O. The van der Waals surface area contributed by atoms with E-state index in [0.717, 1.165) is 42.5 Å². The number of aliphatic hydroxyl groups excluding tert-OH is 5. The van der Waals surface area contributed by atoms with Crippen molar-refractivity contribution in [2.75, 3.05) is 6.61 Å². The summed E-state index contributed by atoms with van der Waals surface area (Å²) in [5, 5.41) is 138. The van der Waals surface area contributed by atoms with Gasteiger partial charge < -0.3 is 85.3 Å². The van der Waals surface area contributed by atoms with Crippen LogP contribution in [0.25, 0.3) is 0 Å². The first-order valence-corrected chi connectivity index (χ1v) is 16.3. The predicted octanol–water partition coefficient (Wildman–Crippen LogP) is 0.819. The average Bonchev–Trinajstić information content (AvgIpc) is 3.11. The number of benzene rings is 4. The molecule has 0 spiro atoms. The highest BCUT2D eigenvalue weighted by molar-refractivity contribution is 5.66. The Labute approximate surface area is 299 Å². The third kappa shape index (κ3) is 6.17. The van der Waals surface area contributed by atoms with E-state index in [4.69, 9.17) is 18.9 Å². The van der Waals surface area contributed by atoms with Gasteiger partial charge >= 0.3 is 0 Å². The molecule has 282 valence electrons. The van der Waals surface area contributed by atoms with Crippen molar-refractivity contribution in [3.63, 3.8) is 0 Å². The smallest absolute Gasteiger partial charge is 0.187 e. The van der Waals surface area contributed by atoms with Crippen LogP contribution in [-0.2, 0) is 15.9 Å². The molecule has 0 radical (unpaired) electrons. The number of phenols is 8. The summed E-state index contributed by atoms with van der Waals surface area (Å²) >= 11 is 0. The van der Waals surface area contributed by atoms with Gasteiger partial charge in [-0.3, -0.25) is 0 Å². The Morgan fingerprint density at radius 2 is 1.21 bits per heavy atom. The number of rotatable bonds is 6. The van der Waals surface area contributed by atoms with E-state index in [0.29, 0.717) is 0 Å². The van der Waals surface area contributed by atoms with Crippen molar-refractivity contribution < 1.29 is 85.3 Å². The lowest BCUT2D eigenvalue weighted by molar-refractivity contribution is -0.317. The van der Waals surface area contributed by atoms with Gasteiger partial charge in [0.1, 0.15) is 71.1 Å². The van der Waals surface area contributed by atoms with Crippen LogP contribution < -0.4 is 9.47 Å². The minimum atomic E-state index is -1.84. The lowest BCUT2D eigenvalue weighted by Gasteiger charge is -2.44. The second-order valence-corrected chi connectivity index (χ2v) is 13.1. The highest BCUT2D eigenvalue weighted by atomic mass is 16.7. The van der Waals surface area contributed by atoms with Crippen LogP contribution in [0.4, 0.5) is 0 Å². The summed E-state index contributed by atoms with van der Waals surface area (Å²) in [6, 6.07) is 10.4. The van der Waals surface area contributed by atoms with Gasteiger partial charge in [-0.1, -0.05) is 12.1 Å². The van der Waals surface area contributed by atoms with Gasteiger partial charge in [0.15, 0.2) is 41.5 Å². The van der Waals surface area contributed by atoms with Gasteiger partial charge in [-0.15, -0.1) is 0 Å². The van der Waals surface area contributed by atoms with Gasteiger partial charge in [0.05, 0.1) is 12.5 Å². The fourth-order valence-electron chi connectivity index (χ4n) is 7.16. The minimum absolute atomic E-state index is 0.0241. The van der Waals surface area contributed by atoms with E-state index in [-0.39, 0.29) is 45.7 Å². The molecule has 0 unspecified atom stereocenters. The van der Waals surface area contributed by atoms with Crippen molar-refractivity contribution in [1.29, 1.82) is 0 Å². The van der Waals surface area contributed by atoms with Crippen LogP contribution in [-0.4, -0.2) is 116 Å². The average molecular weight is 741 g/mol. The summed E-state index contributed by atoms with van der Waals surface area (Å²) in [7, 11) is 0. The Hall–Kier alpha value is -5.40. The Kier molecular flexibility index (Phi) is 9.19. The van der Waals surface area contributed by atoms with Gasteiger partial charge in [-0.25, -0.2) is 0 Å². The zero-order valence-corrected chi connectivity index (χ0v) is 27.3. The van der Waals surface area contributed by atoms with Crippen LogP contribution in [0.1, 0.15) is 45.9 Å². The molecule has 3 aliphatic heterocycles. The highest BCUT2D eigenvalue weighted by Crippen LogP contribution is 2.57.